The molecule has 0 saturated carbocycles. The van der Waals surface area contributed by atoms with Gasteiger partial charge < -0.3 is 9.47 Å². The Hall–Kier alpha value is -2.92. The van der Waals surface area contributed by atoms with Crippen LogP contribution < -0.4 is 4.90 Å². The summed E-state index contributed by atoms with van der Waals surface area (Å²) >= 11 is 1.60. The normalized spacial score (nSPS) is 11.0. The van der Waals surface area contributed by atoms with Crippen LogP contribution in [-0.4, -0.2) is 17.5 Å². The number of nitrogens with zero attached hydrogens (tertiary/aromatic N) is 2. The summed E-state index contributed by atoms with van der Waals surface area (Å²) in [6.07, 6.45) is 0. The van der Waals surface area contributed by atoms with Crippen LogP contribution in [0.4, 0.5) is 10.1 Å². The number of halogens is 1. The molecule has 130 valence electrons. The number of thiophene rings is 1. The minimum atomic E-state index is -0.273. The molecule has 0 saturated heterocycles. The molecule has 0 N–H and O–H groups in total. The second kappa shape index (κ2) is 6.77. The van der Waals surface area contributed by atoms with Crippen LogP contribution in [0.2, 0.25) is 0 Å². The highest BCUT2D eigenvalue weighted by atomic mass is 32.1. The first-order valence-electron chi connectivity index (χ1n) is 8.28. The summed E-state index contributed by atoms with van der Waals surface area (Å²) in [7, 11) is 1.77. The van der Waals surface area contributed by atoms with E-state index in [4.69, 9.17) is 0 Å². The average Bonchev–Trinajstić information content (AvgIpc) is 3.24. The number of rotatable bonds is 4. The molecule has 4 aromatic rings. The van der Waals surface area contributed by atoms with E-state index in [0.29, 0.717) is 12.2 Å². The zero-order chi connectivity index (χ0) is 18.1. The molecule has 2 aromatic heterocycles. The van der Waals surface area contributed by atoms with Crippen molar-refractivity contribution in [3.05, 3.63) is 89.2 Å². The van der Waals surface area contributed by atoms with Gasteiger partial charge in [0.25, 0.3) is 5.91 Å². The van der Waals surface area contributed by atoms with Crippen LogP contribution in [0, 0.1) is 5.82 Å². The zero-order valence-electron chi connectivity index (χ0n) is 14.2. The van der Waals surface area contributed by atoms with E-state index >= 15 is 0 Å². The number of benzene rings is 2. The molecule has 0 unspecified atom stereocenters. The molecular weight excluding hydrogens is 347 g/mol. The first-order chi connectivity index (χ1) is 12.6. The standard InChI is InChI=1S/C21H17FN2OS/c1-23(17-8-3-2-4-9-17)21(25)19-13-20-18(10-11-26-20)24(19)14-15-6-5-7-16(22)12-15/h2-13H,14H2,1H3. The fourth-order valence-electron chi connectivity index (χ4n) is 3.08. The van der Waals surface area contributed by atoms with Gasteiger partial charge >= 0.3 is 0 Å². The van der Waals surface area contributed by atoms with Gasteiger partial charge in [-0.3, -0.25) is 4.79 Å². The maximum absolute atomic E-state index is 13.6. The van der Waals surface area contributed by atoms with Crippen molar-refractivity contribution in [2.24, 2.45) is 0 Å². The predicted molar refractivity (Wildman–Crippen MR) is 104 cm³/mol. The van der Waals surface area contributed by atoms with Gasteiger partial charge in [-0.1, -0.05) is 30.3 Å². The Morgan fingerprint density at radius 1 is 1.08 bits per heavy atom. The number of hydrogen-bond donors (Lipinski definition) is 0. The van der Waals surface area contributed by atoms with Crippen molar-refractivity contribution in [2.45, 2.75) is 6.54 Å². The number of hydrogen-bond acceptors (Lipinski definition) is 2. The average molecular weight is 364 g/mol. The molecular formula is C21H17FN2OS. The zero-order valence-corrected chi connectivity index (χ0v) is 15.0. The largest absolute Gasteiger partial charge is 0.331 e. The number of anilines is 1. The topological polar surface area (TPSA) is 25.2 Å². The Balaban J connectivity index is 1.75. The third kappa shape index (κ3) is 3.02. The maximum Gasteiger partial charge on any atom is 0.274 e. The highest BCUT2D eigenvalue weighted by molar-refractivity contribution is 7.17. The van der Waals surface area contributed by atoms with Gasteiger partial charge in [-0.05, 0) is 47.3 Å². The lowest BCUT2D eigenvalue weighted by atomic mass is 10.2. The van der Waals surface area contributed by atoms with E-state index in [1.165, 1.54) is 12.1 Å². The van der Waals surface area contributed by atoms with Crippen molar-refractivity contribution in [3.8, 4) is 0 Å². The molecule has 1 amide bonds. The van der Waals surface area contributed by atoms with Crippen LogP contribution in [0.5, 0.6) is 0 Å². The van der Waals surface area contributed by atoms with Gasteiger partial charge in [-0.2, -0.15) is 0 Å². The van der Waals surface area contributed by atoms with Crippen LogP contribution >= 0.6 is 11.3 Å². The number of aromatic nitrogens is 1. The first-order valence-corrected chi connectivity index (χ1v) is 9.16. The summed E-state index contributed by atoms with van der Waals surface area (Å²) in [6, 6.07) is 20.0. The lowest BCUT2D eigenvalue weighted by Gasteiger charge is -2.19. The second-order valence-electron chi connectivity index (χ2n) is 6.12. The van der Waals surface area contributed by atoms with E-state index < -0.39 is 0 Å². The molecule has 3 nitrogen and oxygen atoms in total. The Morgan fingerprint density at radius 2 is 1.88 bits per heavy atom. The molecule has 0 atom stereocenters. The molecule has 0 aliphatic heterocycles. The maximum atomic E-state index is 13.6. The van der Waals surface area contributed by atoms with E-state index in [9.17, 15) is 9.18 Å². The minimum absolute atomic E-state index is 0.0870. The Bertz CT molecular complexity index is 1070. The summed E-state index contributed by atoms with van der Waals surface area (Å²) in [5.74, 6) is -0.360. The molecule has 2 heterocycles. The van der Waals surface area contributed by atoms with Gasteiger partial charge in [-0.15, -0.1) is 11.3 Å². The minimum Gasteiger partial charge on any atom is -0.331 e. The molecule has 26 heavy (non-hydrogen) atoms. The van der Waals surface area contributed by atoms with Crippen LogP contribution in [0.15, 0.2) is 72.1 Å². The summed E-state index contributed by atoms with van der Waals surface area (Å²) in [5.41, 5.74) is 3.25. The summed E-state index contributed by atoms with van der Waals surface area (Å²) < 4.78 is 16.6. The lowest BCUT2D eigenvalue weighted by molar-refractivity contribution is 0.0985. The number of fused-ring (bicyclic) bond motifs is 1. The van der Waals surface area contributed by atoms with Gasteiger partial charge in [0.2, 0.25) is 0 Å². The van der Waals surface area contributed by atoms with Crippen LogP contribution in [0.3, 0.4) is 0 Å². The van der Waals surface area contributed by atoms with Crippen molar-refractivity contribution in [2.75, 3.05) is 11.9 Å². The fraction of sp³-hybridized carbons (Fsp3) is 0.0952. The van der Waals surface area contributed by atoms with Crippen LogP contribution in [-0.2, 0) is 6.54 Å². The van der Waals surface area contributed by atoms with Crippen molar-refractivity contribution < 1.29 is 9.18 Å². The molecule has 0 bridgehead atoms. The first kappa shape index (κ1) is 16.5. The van der Waals surface area contributed by atoms with E-state index in [1.54, 1.807) is 29.4 Å². The molecule has 0 radical (unpaired) electrons. The van der Waals surface area contributed by atoms with E-state index in [1.807, 2.05) is 58.5 Å². The van der Waals surface area contributed by atoms with Crippen LogP contribution in [0.1, 0.15) is 16.1 Å². The summed E-state index contributed by atoms with van der Waals surface area (Å²) in [4.78, 5) is 14.8. The molecule has 0 aliphatic carbocycles. The summed E-state index contributed by atoms with van der Waals surface area (Å²) in [6.45, 7) is 0.446. The van der Waals surface area contributed by atoms with Gasteiger partial charge in [-0.25, -0.2) is 4.39 Å². The Kier molecular flexibility index (Phi) is 4.31. The predicted octanol–water partition coefficient (Wildman–Crippen LogP) is 5.17. The quantitative estimate of drug-likeness (QED) is 0.491. The lowest BCUT2D eigenvalue weighted by Crippen LogP contribution is -2.28. The monoisotopic (exact) mass is 364 g/mol. The van der Waals surface area contributed by atoms with Crippen molar-refractivity contribution in [3.63, 3.8) is 0 Å². The van der Waals surface area contributed by atoms with Crippen molar-refractivity contribution in [1.82, 2.24) is 4.57 Å². The van der Waals surface area contributed by atoms with Gasteiger partial charge in [0.1, 0.15) is 11.5 Å². The fourth-order valence-corrected chi connectivity index (χ4v) is 3.91. The number of carbonyl (C=O) groups is 1. The third-order valence-corrected chi connectivity index (χ3v) is 5.27. The number of para-hydroxylation sites is 1. The third-order valence-electron chi connectivity index (χ3n) is 4.42. The molecule has 0 spiro atoms. The SMILES string of the molecule is CN(C(=O)c1cc2sccc2n1Cc1cccc(F)c1)c1ccccc1. The van der Waals surface area contributed by atoms with E-state index in [2.05, 4.69) is 0 Å². The Morgan fingerprint density at radius 3 is 2.65 bits per heavy atom. The molecule has 0 aliphatic rings. The smallest absolute Gasteiger partial charge is 0.274 e. The summed E-state index contributed by atoms with van der Waals surface area (Å²) in [5, 5.41) is 2.00. The van der Waals surface area contributed by atoms with Crippen molar-refractivity contribution in [1.29, 1.82) is 0 Å². The number of carbonyl (C=O) groups excluding carboxylic acids is 1. The molecule has 0 fully saturated rings. The van der Waals surface area contributed by atoms with Crippen molar-refractivity contribution >= 4 is 33.1 Å². The molecule has 5 heteroatoms. The van der Waals surface area contributed by atoms with Gasteiger partial charge in [0.15, 0.2) is 0 Å². The molecule has 4 rings (SSSR count). The van der Waals surface area contributed by atoms with E-state index in [-0.39, 0.29) is 11.7 Å². The Labute approximate surface area is 154 Å². The van der Waals surface area contributed by atoms with E-state index in [0.717, 1.165) is 21.5 Å². The van der Waals surface area contributed by atoms with Gasteiger partial charge in [0.05, 0.1) is 10.2 Å². The van der Waals surface area contributed by atoms with Gasteiger partial charge in [0, 0.05) is 19.3 Å². The highest BCUT2D eigenvalue weighted by Gasteiger charge is 2.20. The highest BCUT2D eigenvalue weighted by Crippen LogP contribution is 2.28. The second-order valence-corrected chi connectivity index (χ2v) is 7.06. The van der Waals surface area contributed by atoms with Crippen LogP contribution in [0.25, 0.3) is 10.2 Å². The molecule has 2 aromatic carbocycles. The number of amides is 1.